The molecular formula is C7H10O4. The molecule has 0 saturated carbocycles. The summed E-state index contributed by atoms with van der Waals surface area (Å²) in [5.74, 6) is -1.09. The molecule has 11 heavy (non-hydrogen) atoms. The molecule has 0 aliphatic carbocycles. The lowest BCUT2D eigenvalue weighted by atomic mass is 10.3. The van der Waals surface area contributed by atoms with E-state index >= 15 is 0 Å². The van der Waals surface area contributed by atoms with Gasteiger partial charge in [-0.3, -0.25) is 0 Å². The van der Waals surface area contributed by atoms with Gasteiger partial charge in [-0.15, -0.1) is 0 Å². The molecule has 0 heterocycles. The van der Waals surface area contributed by atoms with Crippen LogP contribution in [0.4, 0.5) is 0 Å². The van der Waals surface area contributed by atoms with Gasteiger partial charge in [-0.2, -0.15) is 0 Å². The Labute approximate surface area is 64.0 Å². The number of aromatic hydroxyl groups is 3. The lowest BCUT2D eigenvalue weighted by Crippen LogP contribution is -1.67. The highest BCUT2D eigenvalue weighted by Gasteiger charge is 2.00. The number of rotatable bonds is 0. The van der Waals surface area contributed by atoms with Crippen LogP contribution < -0.4 is 0 Å². The van der Waals surface area contributed by atoms with Crippen molar-refractivity contribution in [3.05, 3.63) is 18.2 Å². The molecule has 62 valence electrons. The summed E-state index contributed by atoms with van der Waals surface area (Å²) < 4.78 is 0. The van der Waals surface area contributed by atoms with Gasteiger partial charge >= 0.3 is 0 Å². The zero-order chi connectivity index (χ0) is 8.85. The second-order valence-electron chi connectivity index (χ2n) is 1.64. The number of benzene rings is 1. The Morgan fingerprint density at radius 3 is 1.55 bits per heavy atom. The van der Waals surface area contributed by atoms with Crippen molar-refractivity contribution in [1.82, 2.24) is 0 Å². The molecule has 4 N–H and O–H groups in total. The Balaban J connectivity index is 0.000000461. The lowest BCUT2D eigenvalue weighted by molar-refractivity contribution is 0.368. The summed E-state index contributed by atoms with van der Waals surface area (Å²) in [6.45, 7) is 0. The van der Waals surface area contributed by atoms with Gasteiger partial charge in [-0.05, 0) is 12.1 Å². The largest absolute Gasteiger partial charge is 0.504 e. The summed E-state index contributed by atoms with van der Waals surface area (Å²) in [6.07, 6.45) is 0. The predicted octanol–water partition coefficient (Wildman–Crippen LogP) is 0.412. The molecule has 0 aliphatic heterocycles. The number of phenolic OH excluding ortho intramolecular Hbond substituents is 3. The van der Waals surface area contributed by atoms with Gasteiger partial charge in [-0.1, -0.05) is 6.07 Å². The summed E-state index contributed by atoms with van der Waals surface area (Å²) in [5.41, 5.74) is 0. The van der Waals surface area contributed by atoms with Gasteiger partial charge in [0, 0.05) is 7.11 Å². The molecule has 0 bridgehead atoms. The average molecular weight is 158 g/mol. The smallest absolute Gasteiger partial charge is 0.200 e. The second kappa shape index (κ2) is 4.40. The molecule has 0 spiro atoms. The van der Waals surface area contributed by atoms with Gasteiger partial charge in [0.05, 0.1) is 0 Å². The van der Waals surface area contributed by atoms with Crippen LogP contribution in [-0.4, -0.2) is 27.5 Å². The van der Waals surface area contributed by atoms with Gasteiger partial charge in [0.15, 0.2) is 17.2 Å². The lowest BCUT2D eigenvalue weighted by Gasteiger charge is -1.96. The van der Waals surface area contributed by atoms with Crippen molar-refractivity contribution in [2.24, 2.45) is 0 Å². The molecule has 0 aliphatic rings. The third-order valence-electron chi connectivity index (χ3n) is 0.993. The van der Waals surface area contributed by atoms with Crippen LogP contribution in [0.25, 0.3) is 0 Å². The van der Waals surface area contributed by atoms with E-state index in [1.54, 1.807) is 0 Å². The Morgan fingerprint density at radius 1 is 0.909 bits per heavy atom. The average Bonchev–Trinajstić information content (AvgIpc) is 2.04. The zero-order valence-corrected chi connectivity index (χ0v) is 6.02. The van der Waals surface area contributed by atoms with Crippen LogP contribution in [0, 0.1) is 0 Å². The highest BCUT2D eigenvalue weighted by molar-refractivity contribution is 5.47. The van der Waals surface area contributed by atoms with Crippen LogP contribution in [-0.2, 0) is 0 Å². The SMILES string of the molecule is CO.Oc1cccc(O)c1O. The van der Waals surface area contributed by atoms with Gasteiger partial charge in [0.2, 0.25) is 0 Å². The summed E-state index contributed by atoms with van der Waals surface area (Å²) in [6, 6.07) is 4.01. The van der Waals surface area contributed by atoms with Crippen molar-refractivity contribution in [1.29, 1.82) is 0 Å². The molecule has 1 aromatic rings. The molecular weight excluding hydrogens is 148 g/mol. The third kappa shape index (κ3) is 2.35. The van der Waals surface area contributed by atoms with E-state index in [2.05, 4.69) is 0 Å². The molecule has 0 saturated heterocycles. The van der Waals surface area contributed by atoms with E-state index in [1.807, 2.05) is 0 Å². The first-order chi connectivity index (χ1) is 5.22. The first-order valence-corrected chi connectivity index (χ1v) is 2.86. The van der Waals surface area contributed by atoms with Gasteiger partial charge in [0.1, 0.15) is 0 Å². The van der Waals surface area contributed by atoms with E-state index in [1.165, 1.54) is 18.2 Å². The molecule has 0 fully saturated rings. The maximum absolute atomic E-state index is 8.71. The van der Waals surface area contributed by atoms with Crippen LogP contribution in [0.2, 0.25) is 0 Å². The summed E-state index contributed by atoms with van der Waals surface area (Å²) in [7, 11) is 1.00. The molecule has 1 rings (SSSR count). The highest BCUT2D eigenvalue weighted by Crippen LogP contribution is 2.32. The van der Waals surface area contributed by atoms with E-state index in [4.69, 9.17) is 20.4 Å². The Morgan fingerprint density at radius 2 is 1.27 bits per heavy atom. The van der Waals surface area contributed by atoms with Gasteiger partial charge in [-0.25, -0.2) is 0 Å². The van der Waals surface area contributed by atoms with Crippen molar-refractivity contribution < 1.29 is 20.4 Å². The summed E-state index contributed by atoms with van der Waals surface area (Å²) in [4.78, 5) is 0. The van der Waals surface area contributed by atoms with Crippen molar-refractivity contribution >= 4 is 0 Å². The van der Waals surface area contributed by atoms with Crippen molar-refractivity contribution in [3.63, 3.8) is 0 Å². The summed E-state index contributed by atoms with van der Waals surface area (Å²) in [5, 5.41) is 33.1. The monoisotopic (exact) mass is 158 g/mol. The first-order valence-electron chi connectivity index (χ1n) is 2.86. The maximum atomic E-state index is 8.71. The number of para-hydroxylation sites is 1. The van der Waals surface area contributed by atoms with E-state index in [9.17, 15) is 0 Å². The van der Waals surface area contributed by atoms with E-state index in [0.717, 1.165) is 7.11 Å². The number of phenols is 3. The van der Waals surface area contributed by atoms with E-state index < -0.39 is 5.75 Å². The van der Waals surface area contributed by atoms with Crippen LogP contribution in [0.5, 0.6) is 17.2 Å². The Kier molecular flexibility index (Phi) is 3.84. The molecule has 4 heteroatoms. The molecule has 0 amide bonds. The molecule has 4 nitrogen and oxygen atoms in total. The fourth-order valence-electron chi connectivity index (χ4n) is 0.519. The molecule has 0 radical (unpaired) electrons. The Bertz CT molecular complexity index is 201. The standard InChI is InChI=1S/C6H6O3.CH4O/c7-4-2-1-3-5(8)6(4)9;1-2/h1-3,7-9H;2H,1H3. The summed E-state index contributed by atoms with van der Waals surface area (Å²) >= 11 is 0. The minimum Gasteiger partial charge on any atom is -0.504 e. The molecule has 0 atom stereocenters. The van der Waals surface area contributed by atoms with Crippen molar-refractivity contribution in [2.45, 2.75) is 0 Å². The van der Waals surface area contributed by atoms with Gasteiger partial charge in [0.25, 0.3) is 0 Å². The minimum absolute atomic E-state index is 0.310. The second-order valence-corrected chi connectivity index (χ2v) is 1.64. The fraction of sp³-hybridized carbons (Fsp3) is 0.143. The van der Waals surface area contributed by atoms with Crippen molar-refractivity contribution in [2.75, 3.05) is 7.11 Å². The molecule has 0 aromatic heterocycles. The van der Waals surface area contributed by atoms with Crippen LogP contribution in [0.1, 0.15) is 0 Å². The van der Waals surface area contributed by atoms with Crippen LogP contribution >= 0.6 is 0 Å². The molecule has 0 unspecified atom stereocenters. The number of aliphatic hydroxyl groups is 1. The number of hydrogen-bond donors (Lipinski definition) is 4. The quantitative estimate of drug-likeness (QED) is 0.412. The van der Waals surface area contributed by atoms with Crippen LogP contribution in [0.15, 0.2) is 18.2 Å². The normalized spacial score (nSPS) is 8.18. The van der Waals surface area contributed by atoms with Gasteiger partial charge < -0.3 is 20.4 Å². The zero-order valence-electron chi connectivity index (χ0n) is 6.02. The number of hydrogen-bond acceptors (Lipinski definition) is 4. The van der Waals surface area contributed by atoms with Crippen LogP contribution in [0.3, 0.4) is 0 Å². The predicted molar refractivity (Wildman–Crippen MR) is 39.6 cm³/mol. The maximum Gasteiger partial charge on any atom is 0.200 e. The number of aliphatic hydroxyl groups excluding tert-OH is 1. The third-order valence-corrected chi connectivity index (χ3v) is 0.993. The highest BCUT2D eigenvalue weighted by atomic mass is 16.3. The van der Waals surface area contributed by atoms with E-state index in [0.29, 0.717) is 0 Å². The Hall–Kier alpha value is -1.42. The molecule has 1 aromatic carbocycles. The van der Waals surface area contributed by atoms with Crippen molar-refractivity contribution in [3.8, 4) is 17.2 Å². The topological polar surface area (TPSA) is 80.9 Å². The fourth-order valence-corrected chi connectivity index (χ4v) is 0.519. The minimum atomic E-state index is -0.475. The van der Waals surface area contributed by atoms with E-state index in [-0.39, 0.29) is 11.5 Å². The first kappa shape index (κ1) is 9.58.